The summed E-state index contributed by atoms with van der Waals surface area (Å²) in [5.41, 5.74) is 4.75. The quantitative estimate of drug-likeness (QED) is 0.790. The molecule has 0 aromatic heterocycles. The number of hydrogen-bond acceptors (Lipinski definition) is 3. The van der Waals surface area contributed by atoms with Crippen LogP contribution in [-0.2, 0) is 13.1 Å². The van der Waals surface area contributed by atoms with Crippen molar-refractivity contribution >= 4 is 5.97 Å². The molecule has 0 amide bonds. The second-order valence-corrected chi connectivity index (χ2v) is 8.67. The molecule has 2 aliphatic carbocycles. The van der Waals surface area contributed by atoms with Crippen molar-refractivity contribution in [2.75, 3.05) is 13.1 Å². The molecule has 0 radical (unpaired) electrons. The van der Waals surface area contributed by atoms with Gasteiger partial charge in [0.05, 0.1) is 5.56 Å². The van der Waals surface area contributed by atoms with Crippen molar-refractivity contribution in [2.24, 2.45) is 5.41 Å². The number of carboxylic acids is 1. The van der Waals surface area contributed by atoms with Crippen LogP contribution in [0.3, 0.4) is 0 Å². The van der Waals surface area contributed by atoms with E-state index in [0.717, 1.165) is 26.2 Å². The van der Waals surface area contributed by atoms with Crippen LogP contribution in [0.5, 0.6) is 0 Å². The molecule has 5 rings (SSSR count). The summed E-state index contributed by atoms with van der Waals surface area (Å²) < 4.78 is 0. The van der Waals surface area contributed by atoms with Crippen LogP contribution in [0.4, 0.5) is 0 Å². The van der Waals surface area contributed by atoms with E-state index >= 15 is 0 Å². The molecule has 2 saturated carbocycles. The Balaban J connectivity index is 1.15. The first kappa shape index (κ1) is 17.0. The first-order valence-electron chi connectivity index (χ1n) is 9.98. The Morgan fingerprint density at radius 1 is 1.11 bits per heavy atom. The fraction of sp³-hybridized carbons (Fsp3) is 0.435. The largest absolute Gasteiger partial charge is 0.478 e. The predicted molar refractivity (Wildman–Crippen MR) is 105 cm³/mol. The Morgan fingerprint density at radius 2 is 1.89 bits per heavy atom. The molecule has 1 heterocycles. The highest BCUT2D eigenvalue weighted by Gasteiger charge is 2.47. The minimum absolute atomic E-state index is 0.402. The third-order valence-electron chi connectivity index (χ3n) is 6.51. The van der Waals surface area contributed by atoms with E-state index in [4.69, 9.17) is 0 Å². The zero-order valence-corrected chi connectivity index (χ0v) is 15.5. The monoisotopic (exact) mass is 362 g/mol. The van der Waals surface area contributed by atoms with Crippen molar-refractivity contribution < 1.29 is 9.90 Å². The van der Waals surface area contributed by atoms with Gasteiger partial charge in [-0.25, -0.2) is 4.79 Å². The maximum atomic E-state index is 11.2. The summed E-state index contributed by atoms with van der Waals surface area (Å²) in [6, 6.07) is 17.0. The van der Waals surface area contributed by atoms with E-state index in [-0.39, 0.29) is 0 Å². The summed E-state index contributed by atoms with van der Waals surface area (Å²) in [5.74, 6) is -0.149. The highest BCUT2D eigenvalue weighted by molar-refractivity contribution is 5.87. The van der Waals surface area contributed by atoms with Gasteiger partial charge in [0.15, 0.2) is 0 Å². The molecule has 27 heavy (non-hydrogen) atoms. The van der Waals surface area contributed by atoms with Crippen LogP contribution in [0, 0.1) is 5.41 Å². The lowest BCUT2D eigenvalue weighted by molar-refractivity contribution is 0.0696. The highest BCUT2D eigenvalue weighted by atomic mass is 16.4. The van der Waals surface area contributed by atoms with Crippen LogP contribution in [0.15, 0.2) is 48.5 Å². The second-order valence-electron chi connectivity index (χ2n) is 8.67. The maximum absolute atomic E-state index is 11.2. The van der Waals surface area contributed by atoms with Crippen molar-refractivity contribution in [1.82, 2.24) is 10.2 Å². The van der Waals surface area contributed by atoms with Crippen LogP contribution < -0.4 is 5.32 Å². The molecule has 2 N–H and O–H groups in total. The van der Waals surface area contributed by atoms with Crippen molar-refractivity contribution in [2.45, 2.75) is 44.3 Å². The molecule has 2 aromatic rings. The molecular formula is C23H26N2O2. The lowest BCUT2D eigenvalue weighted by Crippen LogP contribution is -2.34. The first-order valence-corrected chi connectivity index (χ1v) is 9.98. The SMILES string of the molecule is O=C(O)c1ccc2c(c1)CN(CC1(CN[C@H]3C[C@@H]3c3ccccc3)CC1)C2. The molecule has 0 saturated heterocycles. The number of rotatable bonds is 7. The van der Waals surface area contributed by atoms with Gasteiger partial charge in [0.1, 0.15) is 0 Å². The smallest absolute Gasteiger partial charge is 0.335 e. The molecular weight excluding hydrogens is 336 g/mol. The maximum Gasteiger partial charge on any atom is 0.335 e. The van der Waals surface area contributed by atoms with Gasteiger partial charge in [0.2, 0.25) is 0 Å². The van der Waals surface area contributed by atoms with Gasteiger partial charge in [0.25, 0.3) is 0 Å². The van der Waals surface area contributed by atoms with E-state index in [1.807, 2.05) is 12.1 Å². The molecule has 4 heteroatoms. The average molecular weight is 362 g/mol. The zero-order valence-electron chi connectivity index (χ0n) is 15.5. The number of carbonyl (C=O) groups is 1. The average Bonchev–Trinajstić information content (AvgIpc) is 3.57. The third-order valence-corrected chi connectivity index (χ3v) is 6.51. The van der Waals surface area contributed by atoms with E-state index in [1.54, 1.807) is 6.07 Å². The number of nitrogens with one attached hydrogen (secondary N) is 1. The Kier molecular flexibility index (Phi) is 4.06. The molecule has 0 bridgehead atoms. The number of fused-ring (bicyclic) bond motifs is 1. The molecule has 2 fully saturated rings. The molecule has 140 valence electrons. The Labute approximate surface area is 160 Å². The van der Waals surface area contributed by atoms with Gasteiger partial charge in [-0.1, -0.05) is 36.4 Å². The number of aromatic carboxylic acids is 1. The Bertz CT molecular complexity index is 860. The van der Waals surface area contributed by atoms with Crippen LogP contribution in [-0.4, -0.2) is 35.1 Å². The van der Waals surface area contributed by atoms with Gasteiger partial charge in [0, 0.05) is 38.1 Å². The lowest BCUT2D eigenvalue weighted by atomic mass is 10.1. The summed E-state index contributed by atoms with van der Waals surface area (Å²) in [4.78, 5) is 13.7. The molecule has 0 spiro atoms. The third kappa shape index (κ3) is 3.52. The number of carboxylic acid groups (broad SMARTS) is 1. The van der Waals surface area contributed by atoms with Gasteiger partial charge in [-0.3, -0.25) is 4.90 Å². The number of nitrogens with zero attached hydrogens (tertiary/aromatic N) is 1. The van der Waals surface area contributed by atoms with Crippen LogP contribution in [0.25, 0.3) is 0 Å². The molecule has 1 aliphatic heterocycles. The minimum atomic E-state index is -0.837. The van der Waals surface area contributed by atoms with Gasteiger partial charge < -0.3 is 10.4 Å². The van der Waals surface area contributed by atoms with Gasteiger partial charge in [-0.15, -0.1) is 0 Å². The minimum Gasteiger partial charge on any atom is -0.478 e. The zero-order chi connectivity index (χ0) is 18.4. The van der Waals surface area contributed by atoms with Crippen molar-refractivity contribution in [3.63, 3.8) is 0 Å². The molecule has 0 unspecified atom stereocenters. The van der Waals surface area contributed by atoms with E-state index in [1.165, 1.54) is 36.0 Å². The van der Waals surface area contributed by atoms with Gasteiger partial charge in [-0.05, 0) is 53.5 Å². The standard InChI is InChI=1S/C23H26N2O2/c26-22(27)17-6-7-18-12-25(13-19(18)10-17)15-23(8-9-23)14-24-21-11-20(21)16-4-2-1-3-5-16/h1-7,10,20-21,24H,8-9,11-15H2,(H,26,27)/t20-,21+/m1/s1. The van der Waals surface area contributed by atoms with Crippen molar-refractivity contribution in [1.29, 1.82) is 0 Å². The molecule has 2 aromatic carbocycles. The van der Waals surface area contributed by atoms with Crippen molar-refractivity contribution in [3.8, 4) is 0 Å². The van der Waals surface area contributed by atoms with Crippen LogP contribution in [0.2, 0.25) is 0 Å². The topological polar surface area (TPSA) is 52.6 Å². The normalized spacial score (nSPS) is 25.2. The summed E-state index contributed by atoms with van der Waals surface area (Å²) >= 11 is 0. The fourth-order valence-corrected chi connectivity index (χ4v) is 4.59. The number of benzene rings is 2. The lowest BCUT2D eigenvalue weighted by Gasteiger charge is -2.23. The molecule has 4 nitrogen and oxygen atoms in total. The second kappa shape index (κ2) is 6.47. The highest BCUT2D eigenvalue weighted by Crippen LogP contribution is 2.48. The van der Waals surface area contributed by atoms with E-state index in [2.05, 4.69) is 40.5 Å². The van der Waals surface area contributed by atoms with Crippen molar-refractivity contribution in [3.05, 3.63) is 70.8 Å². The summed E-state index contributed by atoms with van der Waals surface area (Å²) in [6.45, 7) is 4.05. The molecule has 2 atom stereocenters. The number of hydrogen-bond donors (Lipinski definition) is 2. The summed E-state index contributed by atoms with van der Waals surface area (Å²) in [7, 11) is 0. The van der Waals surface area contributed by atoms with Gasteiger partial charge >= 0.3 is 5.97 Å². The van der Waals surface area contributed by atoms with Crippen LogP contribution in [0.1, 0.15) is 52.2 Å². The predicted octanol–water partition coefficient (Wildman–Crippen LogP) is 3.63. The fourth-order valence-electron chi connectivity index (χ4n) is 4.59. The van der Waals surface area contributed by atoms with Crippen LogP contribution >= 0.6 is 0 Å². The molecule has 3 aliphatic rings. The van der Waals surface area contributed by atoms with E-state index in [9.17, 15) is 9.90 Å². The van der Waals surface area contributed by atoms with E-state index in [0.29, 0.717) is 22.9 Å². The first-order chi connectivity index (χ1) is 13.1. The Hall–Kier alpha value is -2.17. The summed E-state index contributed by atoms with van der Waals surface area (Å²) in [6.07, 6.45) is 3.86. The summed E-state index contributed by atoms with van der Waals surface area (Å²) in [5, 5.41) is 13.0. The Morgan fingerprint density at radius 3 is 2.63 bits per heavy atom. The van der Waals surface area contributed by atoms with E-state index < -0.39 is 5.97 Å². The van der Waals surface area contributed by atoms with Gasteiger partial charge in [-0.2, -0.15) is 0 Å².